The number of phenols is 1. The van der Waals surface area contributed by atoms with Crippen molar-refractivity contribution >= 4 is 23.2 Å². The highest BCUT2D eigenvalue weighted by molar-refractivity contribution is 6.24. The first-order valence-electron chi connectivity index (χ1n) is 11.7. The third-order valence-corrected chi connectivity index (χ3v) is 8.53. The summed E-state index contributed by atoms with van der Waals surface area (Å²) in [5.74, 6) is -6.43. The van der Waals surface area contributed by atoms with Gasteiger partial charge in [-0.1, -0.05) is 12.1 Å². The van der Waals surface area contributed by atoms with Gasteiger partial charge in [0.1, 0.15) is 22.8 Å². The standard InChI is InChI=1S/C25H26N2O8/c26-23(33)17-20(30)18(27-12-6-24(7-12)8-35-9-24)13-5-11-4-10-2-1-3-14(28)15(10)19(29)16(11)21(31)25(13,34)22(17)32/h1-3,11-13,18,27-29,32,34H,4-9H2,(H2,26,33)/t11-,13-,18+,25-/m0/s1. The number of carbonyl (C=O) groups is 3. The number of hydrogen-bond acceptors (Lipinski definition) is 9. The molecule has 0 bridgehead atoms. The summed E-state index contributed by atoms with van der Waals surface area (Å²) in [5.41, 5.74) is 2.61. The number of ether oxygens (including phenoxy) is 1. The third kappa shape index (κ3) is 2.84. The fourth-order valence-corrected chi connectivity index (χ4v) is 6.79. The van der Waals surface area contributed by atoms with Crippen LogP contribution in [0.2, 0.25) is 0 Å². The fourth-order valence-electron chi connectivity index (χ4n) is 6.79. The molecule has 0 radical (unpaired) electrons. The van der Waals surface area contributed by atoms with Crippen LogP contribution in [0.4, 0.5) is 0 Å². The second-order valence-corrected chi connectivity index (χ2v) is 10.6. The summed E-state index contributed by atoms with van der Waals surface area (Å²) >= 11 is 0. The molecule has 1 saturated heterocycles. The lowest BCUT2D eigenvalue weighted by Crippen LogP contribution is -2.69. The van der Waals surface area contributed by atoms with E-state index in [0.29, 0.717) is 25.2 Å². The van der Waals surface area contributed by atoms with Crippen molar-refractivity contribution in [2.24, 2.45) is 23.0 Å². The van der Waals surface area contributed by atoms with Gasteiger partial charge >= 0.3 is 0 Å². The van der Waals surface area contributed by atoms with Gasteiger partial charge in [0.2, 0.25) is 5.78 Å². The summed E-state index contributed by atoms with van der Waals surface area (Å²) in [6.07, 6.45) is 1.87. The van der Waals surface area contributed by atoms with Gasteiger partial charge in [0.15, 0.2) is 11.4 Å². The maximum Gasteiger partial charge on any atom is 0.255 e. The average Bonchev–Trinajstić information content (AvgIpc) is 2.73. The molecule has 7 N–H and O–H groups in total. The number of phenolic OH excluding ortho intramolecular Hbond substituents is 1. The second-order valence-electron chi connectivity index (χ2n) is 10.6. The van der Waals surface area contributed by atoms with Gasteiger partial charge < -0.3 is 36.2 Å². The normalized spacial score (nSPS) is 33.6. The molecule has 1 aromatic rings. The van der Waals surface area contributed by atoms with E-state index in [2.05, 4.69) is 5.32 Å². The zero-order valence-corrected chi connectivity index (χ0v) is 18.8. The van der Waals surface area contributed by atoms with Crippen LogP contribution in [0.5, 0.6) is 5.75 Å². The molecule has 6 rings (SSSR count). The van der Waals surface area contributed by atoms with Gasteiger partial charge in [-0.25, -0.2) is 0 Å². The van der Waals surface area contributed by atoms with Crippen molar-refractivity contribution in [3.63, 3.8) is 0 Å². The van der Waals surface area contributed by atoms with Crippen molar-refractivity contribution in [2.75, 3.05) is 13.2 Å². The van der Waals surface area contributed by atoms with Gasteiger partial charge in [0.25, 0.3) is 5.91 Å². The van der Waals surface area contributed by atoms with Gasteiger partial charge in [-0.2, -0.15) is 0 Å². The fraction of sp³-hybridized carbons (Fsp3) is 0.480. The van der Waals surface area contributed by atoms with Gasteiger partial charge in [-0.05, 0) is 43.2 Å². The largest absolute Gasteiger partial charge is 0.508 e. The van der Waals surface area contributed by atoms with E-state index in [0.717, 1.165) is 12.8 Å². The molecule has 3 fully saturated rings. The van der Waals surface area contributed by atoms with E-state index in [1.165, 1.54) is 6.07 Å². The smallest absolute Gasteiger partial charge is 0.255 e. The number of rotatable bonds is 3. The molecular weight excluding hydrogens is 456 g/mol. The molecule has 4 aliphatic carbocycles. The van der Waals surface area contributed by atoms with E-state index in [1.54, 1.807) is 12.1 Å². The quantitative estimate of drug-likeness (QED) is 0.328. The molecule has 5 aliphatic rings. The predicted octanol–water partition coefficient (Wildman–Crippen LogP) is 0.171. The van der Waals surface area contributed by atoms with Gasteiger partial charge in [-0.3, -0.25) is 14.4 Å². The summed E-state index contributed by atoms with van der Waals surface area (Å²) in [6.45, 7) is 1.29. The van der Waals surface area contributed by atoms with Gasteiger partial charge in [0, 0.05) is 22.9 Å². The van der Waals surface area contributed by atoms with Crippen LogP contribution in [0.25, 0.3) is 5.76 Å². The van der Waals surface area contributed by atoms with Crippen LogP contribution in [-0.4, -0.2) is 68.8 Å². The maximum atomic E-state index is 13.8. The minimum atomic E-state index is -2.63. The summed E-state index contributed by atoms with van der Waals surface area (Å²) in [6, 6.07) is 3.52. The molecule has 1 aliphatic heterocycles. The Morgan fingerprint density at radius 3 is 2.49 bits per heavy atom. The molecule has 4 atom stereocenters. The second kappa shape index (κ2) is 7.16. The molecule has 35 heavy (non-hydrogen) atoms. The first-order valence-corrected chi connectivity index (χ1v) is 11.7. The van der Waals surface area contributed by atoms with Crippen molar-refractivity contribution in [2.45, 2.75) is 43.4 Å². The van der Waals surface area contributed by atoms with E-state index < -0.39 is 58.0 Å². The number of aliphatic hydroxyl groups excluding tert-OH is 2. The maximum absolute atomic E-state index is 13.8. The van der Waals surface area contributed by atoms with Crippen LogP contribution < -0.4 is 11.1 Å². The number of aliphatic hydroxyl groups is 3. The molecule has 0 unspecified atom stereocenters. The number of aromatic hydroxyl groups is 1. The summed E-state index contributed by atoms with van der Waals surface area (Å²) in [7, 11) is 0. The molecule has 1 spiro atoms. The van der Waals surface area contributed by atoms with Crippen molar-refractivity contribution in [3.05, 3.63) is 46.2 Å². The first kappa shape index (κ1) is 22.3. The highest BCUT2D eigenvalue weighted by atomic mass is 16.5. The Bertz CT molecular complexity index is 1250. The van der Waals surface area contributed by atoms with Crippen molar-refractivity contribution in [3.8, 4) is 5.75 Å². The lowest BCUT2D eigenvalue weighted by atomic mass is 9.57. The Morgan fingerprint density at radius 2 is 1.86 bits per heavy atom. The van der Waals surface area contributed by atoms with Crippen LogP contribution in [-0.2, 0) is 25.5 Å². The molecule has 10 nitrogen and oxygen atoms in total. The topological polar surface area (TPSA) is 179 Å². The Kier molecular flexibility index (Phi) is 4.55. The lowest BCUT2D eigenvalue weighted by Gasteiger charge is -2.56. The number of ketones is 2. The molecule has 1 heterocycles. The van der Waals surface area contributed by atoms with Crippen LogP contribution in [0, 0.1) is 17.3 Å². The molecule has 10 heteroatoms. The number of amides is 1. The predicted molar refractivity (Wildman–Crippen MR) is 120 cm³/mol. The zero-order valence-electron chi connectivity index (χ0n) is 18.8. The van der Waals surface area contributed by atoms with Crippen LogP contribution in [0.15, 0.2) is 35.1 Å². The van der Waals surface area contributed by atoms with E-state index in [4.69, 9.17) is 10.5 Å². The van der Waals surface area contributed by atoms with Gasteiger partial charge in [0.05, 0.1) is 24.8 Å². The first-order chi connectivity index (χ1) is 16.6. The molecule has 1 amide bonds. The minimum Gasteiger partial charge on any atom is -0.508 e. The van der Waals surface area contributed by atoms with Gasteiger partial charge in [-0.15, -0.1) is 0 Å². The number of primary amides is 1. The van der Waals surface area contributed by atoms with Crippen molar-refractivity contribution in [1.82, 2.24) is 5.32 Å². The van der Waals surface area contributed by atoms with E-state index >= 15 is 0 Å². The minimum absolute atomic E-state index is 0.0787. The SMILES string of the molecule is NC(=O)C1=C(O)[C@@]2(O)C(=O)C3=C(O)c4c(O)cccc4C[C@H]3C[C@H]2[C@@H](NC2CC3(COC3)C2)C1=O. The Hall–Kier alpha value is -3.21. The van der Waals surface area contributed by atoms with Crippen LogP contribution >= 0.6 is 0 Å². The lowest BCUT2D eigenvalue weighted by molar-refractivity contribution is -0.172. The molecule has 2 saturated carbocycles. The van der Waals surface area contributed by atoms with Crippen molar-refractivity contribution in [1.29, 1.82) is 0 Å². The number of Topliss-reactive ketones (excluding diaryl/α,β-unsaturated/α-hetero) is 2. The highest BCUT2D eigenvalue weighted by Crippen LogP contribution is 2.53. The molecule has 1 aromatic carbocycles. The Labute approximate surface area is 200 Å². The third-order valence-electron chi connectivity index (χ3n) is 8.53. The van der Waals surface area contributed by atoms with Crippen molar-refractivity contribution < 1.29 is 39.5 Å². The summed E-state index contributed by atoms with van der Waals surface area (Å²) < 4.78 is 5.30. The Balaban J connectivity index is 1.44. The average molecular weight is 482 g/mol. The van der Waals surface area contributed by atoms with E-state index in [-0.39, 0.29) is 34.8 Å². The number of carbonyl (C=O) groups excluding carboxylic acids is 3. The number of hydrogen-bond donors (Lipinski definition) is 6. The number of fused-ring (bicyclic) bond motifs is 3. The molecular formula is C25H26N2O8. The zero-order chi connectivity index (χ0) is 24.9. The van der Waals surface area contributed by atoms with Crippen LogP contribution in [0.3, 0.4) is 0 Å². The number of nitrogens with one attached hydrogen (secondary N) is 1. The monoisotopic (exact) mass is 482 g/mol. The van der Waals surface area contributed by atoms with E-state index in [1.807, 2.05) is 0 Å². The summed E-state index contributed by atoms with van der Waals surface area (Å²) in [5, 5.41) is 47.1. The number of nitrogens with two attached hydrogens (primary N) is 1. The Morgan fingerprint density at radius 1 is 1.14 bits per heavy atom. The molecule has 184 valence electrons. The number of benzene rings is 1. The summed E-state index contributed by atoms with van der Waals surface area (Å²) in [4.78, 5) is 39.3. The molecule has 0 aromatic heterocycles. The highest BCUT2D eigenvalue weighted by Gasteiger charge is 2.64. The van der Waals surface area contributed by atoms with E-state index in [9.17, 15) is 34.8 Å². The van der Waals surface area contributed by atoms with Crippen LogP contribution in [0.1, 0.15) is 30.4 Å².